The molecule has 2 nitrogen and oxygen atoms in total. The third kappa shape index (κ3) is 10.1. The van der Waals surface area contributed by atoms with E-state index >= 15 is 0 Å². The summed E-state index contributed by atoms with van der Waals surface area (Å²) in [5.74, 6) is 0. The van der Waals surface area contributed by atoms with Crippen LogP contribution in [-0.4, -0.2) is 19.5 Å². The summed E-state index contributed by atoms with van der Waals surface area (Å²) in [7, 11) is 0. The maximum atomic E-state index is 5.72. The second-order valence-electron chi connectivity index (χ2n) is 5.46. The Morgan fingerprint density at radius 1 is 1.00 bits per heavy atom. The first-order valence-corrected chi connectivity index (χ1v) is 8.31. The Bertz CT molecular complexity index is 207. The predicted molar refractivity (Wildman–Crippen MR) is 81.3 cm³/mol. The lowest BCUT2D eigenvalue weighted by atomic mass is 10.1. The molecule has 0 bridgehead atoms. The zero-order chi connectivity index (χ0) is 13.6. The van der Waals surface area contributed by atoms with Crippen molar-refractivity contribution in [2.45, 2.75) is 83.8 Å². The minimum atomic E-state index is 0.0964. The molecule has 1 aliphatic heterocycles. The van der Waals surface area contributed by atoms with Crippen molar-refractivity contribution in [1.29, 1.82) is 0 Å². The van der Waals surface area contributed by atoms with Gasteiger partial charge in [0.15, 0.2) is 6.29 Å². The molecule has 0 aromatic heterocycles. The van der Waals surface area contributed by atoms with Crippen molar-refractivity contribution in [3.05, 3.63) is 12.2 Å². The quantitative estimate of drug-likeness (QED) is 0.377. The molecule has 1 atom stereocenters. The molecule has 0 saturated carbocycles. The van der Waals surface area contributed by atoms with Crippen LogP contribution in [0, 0.1) is 0 Å². The molecule has 0 N–H and O–H groups in total. The van der Waals surface area contributed by atoms with Gasteiger partial charge < -0.3 is 9.47 Å². The number of hydrogen-bond acceptors (Lipinski definition) is 2. The van der Waals surface area contributed by atoms with E-state index in [1.54, 1.807) is 0 Å². The summed E-state index contributed by atoms with van der Waals surface area (Å²) >= 11 is 0. The molecule has 1 aliphatic rings. The van der Waals surface area contributed by atoms with Crippen LogP contribution in [0.4, 0.5) is 0 Å². The monoisotopic (exact) mass is 268 g/mol. The fourth-order valence-corrected chi connectivity index (χ4v) is 2.41. The van der Waals surface area contributed by atoms with E-state index in [1.807, 2.05) is 0 Å². The highest BCUT2D eigenvalue weighted by Crippen LogP contribution is 2.14. The van der Waals surface area contributed by atoms with E-state index in [0.717, 1.165) is 19.6 Å². The van der Waals surface area contributed by atoms with Crippen LogP contribution in [0.3, 0.4) is 0 Å². The molecule has 0 aromatic rings. The summed E-state index contributed by atoms with van der Waals surface area (Å²) in [6, 6.07) is 0. The van der Waals surface area contributed by atoms with Crippen LogP contribution in [0.2, 0.25) is 0 Å². The first kappa shape index (κ1) is 16.7. The van der Waals surface area contributed by atoms with Crippen molar-refractivity contribution in [3.8, 4) is 0 Å². The Hall–Kier alpha value is -0.340. The summed E-state index contributed by atoms with van der Waals surface area (Å²) in [4.78, 5) is 0. The second kappa shape index (κ2) is 12.7. The molecule has 1 heterocycles. The standard InChI is InChI=1S/C17H32O2/c1-2-3-4-5-6-7-8-9-10-12-15-18-17-14-11-13-16-19-17/h3-4,17H,2,5-16H2,1H3/b4-3+. The van der Waals surface area contributed by atoms with Crippen LogP contribution in [0.25, 0.3) is 0 Å². The first-order valence-electron chi connectivity index (χ1n) is 8.31. The van der Waals surface area contributed by atoms with Gasteiger partial charge in [0.05, 0.1) is 0 Å². The molecule has 1 unspecified atom stereocenters. The molecule has 0 aromatic carbocycles. The zero-order valence-electron chi connectivity index (χ0n) is 12.7. The molecule has 0 amide bonds. The van der Waals surface area contributed by atoms with E-state index in [0.29, 0.717) is 0 Å². The highest BCUT2D eigenvalue weighted by molar-refractivity contribution is 4.79. The van der Waals surface area contributed by atoms with Crippen LogP contribution in [-0.2, 0) is 9.47 Å². The fourth-order valence-electron chi connectivity index (χ4n) is 2.41. The van der Waals surface area contributed by atoms with Gasteiger partial charge in [-0.05, 0) is 44.9 Å². The van der Waals surface area contributed by atoms with E-state index in [9.17, 15) is 0 Å². The number of unbranched alkanes of at least 4 members (excludes halogenated alkanes) is 6. The van der Waals surface area contributed by atoms with Gasteiger partial charge in [-0.15, -0.1) is 0 Å². The molecule has 0 aliphatic carbocycles. The smallest absolute Gasteiger partial charge is 0.157 e. The van der Waals surface area contributed by atoms with Crippen LogP contribution >= 0.6 is 0 Å². The van der Waals surface area contributed by atoms with Crippen molar-refractivity contribution >= 4 is 0 Å². The number of allylic oxidation sites excluding steroid dienone is 2. The Morgan fingerprint density at radius 2 is 1.79 bits per heavy atom. The third-order valence-electron chi connectivity index (χ3n) is 3.61. The Kier molecular flexibility index (Phi) is 11.2. The topological polar surface area (TPSA) is 18.5 Å². The Labute approximate surface area is 119 Å². The summed E-state index contributed by atoms with van der Waals surface area (Å²) < 4.78 is 11.3. The summed E-state index contributed by atoms with van der Waals surface area (Å²) in [6.07, 6.45) is 18.6. The van der Waals surface area contributed by atoms with E-state index in [2.05, 4.69) is 19.1 Å². The van der Waals surface area contributed by atoms with Gasteiger partial charge in [-0.25, -0.2) is 0 Å². The van der Waals surface area contributed by atoms with Crippen molar-refractivity contribution in [3.63, 3.8) is 0 Å². The van der Waals surface area contributed by atoms with Gasteiger partial charge in [0.25, 0.3) is 0 Å². The summed E-state index contributed by atoms with van der Waals surface area (Å²) in [5, 5.41) is 0. The molecule has 0 spiro atoms. The van der Waals surface area contributed by atoms with Crippen LogP contribution < -0.4 is 0 Å². The van der Waals surface area contributed by atoms with Gasteiger partial charge >= 0.3 is 0 Å². The Morgan fingerprint density at radius 3 is 2.53 bits per heavy atom. The SMILES string of the molecule is CC/C=C/CCCCCCCCOC1CCCCO1. The molecule has 112 valence electrons. The molecule has 19 heavy (non-hydrogen) atoms. The lowest BCUT2D eigenvalue weighted by Gasteiger charge is -2.22. The highest BCUT2D eigenvalue weighted by atomic mass is 16.7. The molecule has 2 heteroatoms. The number of rotatable bonds is 11. The van der Waals surface area contributed by atoms with E-state index in [1.165, 1.54) is 64.2 Å². The largest absolute Gasteiger partial charge is 0.353 e. The van der Waals surface area contributed by atoms with Crippen molar-refractivity contribution in [2.24, 2.45) is 0 Å². The van der Waals surface area contributed by atoms with Gasteiger partial charge in [0, 0.05) is 13.2 Å². The summed E-state index contributed by atoms with van der Waals surface area (Å²) in [5.41, 5.74) is 0. The predicted octanol–water partition coefficient (Wildman–Crippen LogP) is 5.23. The van der Waals surface area contributed by atoms with E-state index < -0.39 is 0 Å². The Balaban J connectivity index is 1.74. The molecule has 1 saturated heterocycles. The van der Waals surface area contributed by atoms with Gasteiger partial charge in [-0.1, -0.05) is 44.8 Å². The minimum Gasteiger partial charge on any atom is -0.353 e. The molecule has 1 rings (SSSR count). The maximum absolute atomic E-state index is 5.72. The second-order valence-corrected chi connectivity index (χ2v) is 5.46. The van der Waals surface area contributed by atoms with Gasteiger partial charge in [-0.2, -0.15) is 0 Å². The molecule has 1 fully saturated rings. The molecular weight excluding hydrogens is 236 g/mol. The minimum absolute atomic E-state index is 0.0964. The summed E-state index contributed by atoms with van der Waals surface area (Å²) in [6.45, 7) is 3.96. The lowest BCUT2D eigenvalue weighted by Crippen LogP contribution is -2.22. The maximum Gasteiger partial charge on any atom is 0.157 e. The zero-order valence-corrected chi connectivity index (χ0v) is 12.7. The van der Waals surface area contributed by atoms with Crippen LogP contribution in [0.5, 0.6) is 0 Å². The third-order valence-corrected chi connectivity index (χ3v) is 3.61. The number of ether oxygens (including phenoxy) is 2. The molecule has 0 radical (unpaired) electrons. The van der Waals surface area contributed by atoms with Crippen molar-refractivity contribution in [2.75, 3.05) is 13.2 Å². The van der Waals surface area contributed by atoms with Gasteiger partial charge in [0.1, 0.15) is 0 Å². The van der Waals surface area contributed by atoms with E-state index in [4.69, 9.17) is 9.47 Å². The van der Waals surface area contributed by atoms with Crippen molar-refractivity contribution < 1.29 is 9.47 Å². The highest BCUT2D eigenvalue weighted by Gasteiger charge is 2.13. The first-order chi connectivity index (χ1) is 9.43. The van der Waals surface area contributed by atoms with E-state index in [-0.39, 0.29) is 6.29 Å². The lowest BCUT2D eigenvalue weighted by molar-refractivity contribution is -0.162. The normalized spacial score (nSPS) is 20.2. The number of hydrogen-bond donors (Lipinski definition) is 0. The fraction of sp³-hybridized carbons (Fsp3) is 0.882. The van der Waals surface area contributed by atoms with Crippen LogP contribution in [0.1, 0.15) is 77.6 Å². The van der Waals surface area contributed by atoms with Crippen LogP contribution in [0.15, 0.2) is 12.2 Å². The van der Waals surface area contributed by atoms with Gasteiger partial charge in [0.2, 0.25) is 0 Å². The van der Waals surface area contributed by atoms with Crippen molar-refractivity contribution in [1.82, 2.24) is 0 Å². The van der Waals surface area contributed by atoms with Gasteiger partial charge in [-0.3, -0.25) is 0 Å². The average Bonchev–Trinajstić information content (AvgIpc) is 2.46. The molecular formula is C17H32O2. The average molecular weight is 268 g/mol.